The lowest BCUT2D eigenvalue weighted by molar-refractivity contribution is -0.132. The van der Waals surface area contributed by atoms with Gasteiger partial charge < -0.3 is 9.47 Å². The van der Waals surface area contributed by atoms with E-state index in [4.69, 9.17) is 9.47 Å². The maximum absolute atomic E-state index is 6.28. The maximum Gasteiger partial charge on any atom is 0.147 e. The van der Waals surface area contributed by atoms with Gasteiger partial charge in [-0.25, -0.2) is 0 Å². The van der Waals surface area contributed by atoms with E-state index < -0.39 is 0 Å². The fraction of sp³-hybridized carbons (Fsp3) is 0.857. The quantitative estimate of drug-likeness (QED) is 0.480. The first-order valence-corrected chi connectivity index (χ1v) is 10.1. The Bertz CT molecular complexity index is 315. The Hall–Kier alpha value is 1.09. The summed E-state index contributed by atoms with van der Waals surface area (Å²) < 4.78 is 13.4. The summed E-state index contributed by atoms with van der Waals surface area (Å²) >= 11 is 6.60. The van der Waals surface area contributed by atoms with E-state index in [0.717, 1.165) is 0 Å². The van der Waals surface area contributed by atoms with Crippen molar-refractivity contribution in [2.45, 2.75) is 42.8 Å². The van der Waals surface area contributed by atoms with Crippen LogP contribution in [-0.4, -0.2) is 35.6 Å². The minimum atomic E-state index is -0.0157. The van der Waals surface area contributed by atoms with Gasteiger partial charge in [0.1, 0.15) is 6.79 Å². The van der Waals surface area contributed by atoms with Crippen molar-refractivity contribution in [1.82, 2.24) is 0 Å². The average Bonchev–Trinajstić information content (AvgIpc) is 2.81. The topological polar surface area (TPSA) is 18.5 Å². The molecule has 2 nitrogen and oxygen atoms in total. The normalized spacial score (nSPS) is 33.8. The highest BCUT2D eigenvalue weighted by Crippen LogP contribution is 2.52. The van der Waals surface area contributed by atoms with Crippen LogP contribution in [0.25, 0.3) is 0 Å². The SMILES string of the molecule is COCO[C@]1(C2SCCCS2)CCC[C@@H]1/C=C(\C)I. The van der Waals surface area contributed by atoms with Gasteiger partial charge in [0.25, 0.3) is 0 Å². The molecule has 2 fully saturated rings. The van der Waals surface area contributed by atoms with Gasteiger partial charge in [0, 0.05) is 13.0 Å². The Morgan fingerprint density at radius 2 is 2.11 bits per heavy atom. The number of hydrogen-bond donors (Lipinski definition) is 0. The molecule has 1 saturated carbocycles. The number of halogens is 1. The summed E-state index contributed by atoms with van der Waals surface area (Å²) in [4.78, 5) is 0. The van der Waals surface area contributed by atoms with Crippen LogP contribution in [0.5, 0.6) is 0 Å². The zero-order valence-corrected chi connectivity index (χ0v) is 15.5. The third kappa shape index (κ3) is 4.05. The molecule has 0 unspecified atom stereocenters. The van der Waals surface area contributed by atoms with Crippen LogP contribution in [0.15, 0.2) is 9.66 Å². The van der Waals surface area contributed by atoms with E-state index in [1.807, 2.05) is 0 Å². The highest BCUT2D eigenvalue weighted by atomic mass is 127. The van der Waals surface area contributed by atoms with Gasteiger partial charge in [0.2, 0.25) is 0 Å². The van der Waals surface area contributed by atoms with E-state index >= 15 is 0 Å². The summed E-state index contributed by atoms with van der Waals surface area (Å²) in [5, 5.41) is 0. The largest absolute Gasteiger partial charge is 0.359 e. The minimum Gasteiger partial charge on any atom is -0.359 e. The highest BCUT2D eigenvalue weighted by molar-refractivity contribution is 14.1. The molecule has 19 heavy (non-hydrogen) atoms. The molecule has 1 saturated heterocycles. The molecule has 0 bridgehead atoms. The Morgan fingerprint density at radius 3 is 2.74 bits per heavy atom. The standard InChI is InChI=1S/C14H23IO2S2/c1-11(15)9-12-5-3-6-14(12,17-10-16-2)13-18-7-4-8-19-13/h9,12-13H,3-8,10H2,1-2H3/b11-9+/t12-,14-/m1/s1. The Morgan fingerprint density at radius 1 is 1.37 bits per heavy atom. The molecule has 0 amide bonds. The van der Waals surface area contributed by atoms with E-state index in [-0.39, 0.29) is 5.60 Å². The molecule has 1 heterocycles. The molecule has 0 aromatic heterocycles. The van der Waals surface area contributed by atoms with Gasteiger partial charge >= 0.3 is 0 Å². The van der Waals surface area contributed by atoms with Crippen molar-refractivity contribution in [2.75, 3.05) is 25.4 Å². The molecular weight excluding hydrogens is 391 g/mol. The van der Waals surface area contributed by atoms with Crippen molar-refractivity contribution in [2.24, 2.45) is 5.92 Å². The number of methoxy groups -OCH3 is 1. The van der Waals surface area contributed by atoms with Crippen molar-refractivity contribution in [3.8, 4) is 0 Å². The summed E-state index contributed by atoms with van der Waals surface area (Å²) in [7, 11) is 1.72. The molecule has 1 aliphatic heterocycles. The molecule has 0 radical (unpaired) electrons. The van der Waals surface area contributed by atoms with Crippen LogP contribution in [-0.2, 0) is 9.47 Å². The van der Waals surface area contributed by atoms with Gasteiger partial charge in [0.05, 0.1) is 10.2 Å². The molecule has 2 rings (SSSR count). The Labute approximate surface area is 139 Å². The summed E-state index contributed by atoms with van der Waals surface area (Å²) in [6, 6.07) is 0. The fourth-order valence-corrected chi connectivity index (χ4v) is 6.92. The van der Waals surface area contributed by atoms with Crippen LogP contribution in [0.2, 0.25) is 0 Å². The van der Waals surface area contributed by atoms with E-state index in [0.29, 0.717) is 17.3 Å². The summed E-state index contributed by atoms with van der Waals surface area (Å²) in [6.07, 6.45) is 7.44. The highest BCUT2D eigenvalue weighted by Gasteiger charge is 2.50. The summed E-state index contributed by atoms with van der Waals surface area (Å²) in [6.45, 7) is 2.60. The maximum atomic E-state index is 6.28. The predicted octanol–water partition coefficient (Wildman–Crippen LogP) is 4.68. The zero-order chi connectivity index (χ0) is 13.7. The molecule has 0 N–H and O–H groups in total. The number of rotatable bonds is 5. The third-order valence-electron chi connectivity index (χ3n) is 3.81. The molecule has 0 spiro atoms. The molecule has 5 heteroatoms. The summed E-state index contributed by atoms with van der Waals surface area (Å²) in [5.74, 6) is 3.09. The second-order valence-corrected chi connectivity index (χ2v) is 9.61. The van der Waals surface area contributed by atoms with Crippen molar-refractivity contribution in [1.29, 1.82) is 0 Å². The van der Waals surface area contributed by atoms with Crippen LogP contribution in [0, 0.1) is 5.92 Å². The average molecular weight is 414 g/mol. The van der Waals surface area contributed by atoms with Crippen molar-refractivity contribution < 1.29 is 9.47 Å². The molecule has 2 aliphatic rings. The van der Waals surface area contributed by atoms with Gasteiger partial charge in [-0.2, -0.15) is 0 Å². The minimum absolute atomic E-state index is 0.0157. The lowest BCUT2D eigenvalue weighted by Gasteiger charge is -2.42. The number of allylic oxidation sites excluding steroid dienone is 1. The van der Waals surface area contributed by atoms with Crippen LogP contribution >= 0.6 is 46.1 Å². The Kier molecular flexibility index (Phi) is 6.86. The lowest BCUT2D eigenvalue weighted by atomic mass is 9.91. The molecular formula is C14H23IO2S2. The first kappa shape index (κ1) is 16.5. The van der Waals surface area contributed by atoms with E-state index in [9.17, 15) is 0 Å². The number of ether oxygens (including phenoxy) is 2. The fourth-order valence-electron chi connectivity index (χ4n) is 3.01. The van der Waals surface area contributed by atoms with Crippen molar-refractivity contribution in [3.05, 3.63) is 9.66 Å². The number of thioether (sulfide) groups is 2. The van der Waals surface area contributed by atoms with Gasteiger partial charge in [-0.15, -0.1) is 23.5 Å². The van der Waals surface area contributed by atoms with E-state index in [1.165, 1.54) is 40.8 Å². The van der Waals surface area contributed by atoms with Gasteiger partial charge in [-0.1, -0.05) is 6.08 Å². The number of hydrogen-bond acceptors (Lipinski definition) is 4. The predicted molar refractivity (Wildman–Crippen MR) is 94.1 cm³/mol. The van der Waals surface area contributed by atoms with Gasteiger partial charge in [0.15, 0.2) is 0 Å². The van der Waals surface area contributed by atoms with E-state index in [2.05, 4.69) is 59.1 Å². The second-order valence-electron chi connectivity index (χ2n) is 5.19. The lowest BCUT2D eigenvalue weighted by Crippen LogP contribution is -2.46. The van der Waals surface area contributed by atoms with Crippen molar-refractivity contribution in [3.63, 3.8) is 0 Å². The van der Waals surface area contributed by atoms with Gasteiger partial charge in [-0.3, -0.25) is 0 Å². The molecule has 1 aliphatic carbocycles. The van der Waals surface area contributed by atoms with Crippen molar-refractivity contribution >= 4 is 46.1 Å². The molecule has 0 aromatic carbocycles. The van der Waals surface area contributed by atoms with E-state index in [1.54, 1.807) is 7.11 Å². The van der Waals surface area contributed by atoms with Crippen LogP contribution in [0.3, 0.4) is 0 Å². The molecule has 110 valence electrons. The molecule has 2 atom stereocenters. The zero-order valence-electron chi connectivity index (χ0n) is 11.7. The first-order valence-electron chi connectivity index (χ1n) is 6.89. The first-order chi connectivity index (χ1) is 9.19. The van der Waals surface area contributed by atoms with Crippen LogP contribution in [0.4, 0.5) is 0 Å². The Balaban J connectivity index is 2.19. The smallest absolute Gasteiger partial charge is 0.147 e. The summed E-state index contributed by atoms with van der Waals surface area (Å²) in [5.41, 5.74) is -0.0157. The third-order valence-corrected chi connectivity index (χ3v) is 7.44. The monoisotopic (exact) mass is 414 g/mol. The molecule has 0 aromatic rings. The second kappa shape index (κ2) is 7.92. The van der Waals surface area contributed by atoms with Crippen LogP contribution in [0.1, 0.15) is 32.6 Å². The van der Waals surface area contributed by atoms with Gasteiger partial charge in [-0.05, 0) is 70.3 Å². The van der Waals surface area contributed by atoms with Crippen LogP contribution < -0.4 is 0 Å².